The van der Waals surface area contributed by atoms with Gasteiger partial charge >= 0.3 is 0 Å². The molecule has 8 rings (SSSR count). The van der Waals surface area contributed by atoms with E-state index in [-0.39, 0.29) is 71.7 Å². The number of nitrogens with zero attached hydrogens (tertiary/aromatic N) is 2. The van der Waals surface area contributed by atoms with Crippen molar-refractivity contribution < 1.29 is 21.9 Å². The van der Waals surface area contributed by atoms with E-state index in [1.165, 1.54) is 0 Å². The molecule has 0 saturated heterocycles. The maximum absolute atomic E-state index is 9.03. The highest BCUT2D eigenvalue weighted by Gasteiger charge is 2.14. The number of fused-ring (bicyclic) bond motifs is 5. The van der Waals surface area contributed by atoms with Gasteiger partial charge in [0.15, 0.2) is 0 Å². The number of benzene rings is 5. The maximum atomic E-state index is 9.03. The van der Waals surface area contributed by atoms with Gasteiger partial charge in [0.2, 0.25) is 0 Å². The van der Waals surface area contributed by atoms with Crippen LogP contribution in [-0.2, 0) is 0 Å². The SMILES string of the molecule is [2H]c1nc2c(c([2H])c1[2H])c([2H])c([2H])c1c([2H])c([2H])c(-c3ccc(-c4sc(-c5c([2H])c([2H])c([2H])c6c([2H])c([2H])c([2H])c([2H])c56)c([2H])c4[2H])c4ccccc34)nc12. The summed E-state index contributed by atoms with van der Waals surface area (Å²) in [4.78, 5) is 9.06. The molecule has 3 aromatic heterocycles. The van der Waals surface area contributed by atoms with Gasteiger partial charge in [0, 0.05) is 32.3 Å². The highest BCUT2D eigenvalue weighted by molar-refractivity contribution is 7.19. The van der Waals surface area contributed by atoms with E-state index >= 15 is 0 Å². The Kier molecular flexibility index (Phi) is 2.61. The third kappa shape index (κ3) is 3.63. The molecule has 39 heavy (non-hydrogen) atoms. The molecular formula is C36H22N2S. The van der Waals surface area contributed by atoms with Crippen molar-refractivity contribution in [1.82, 2.24) is 9.97 Å². The van der Waals surface area contributed by atoms with E-state index in [0.29, 0.717) is 21.9 Å². The van der Waals surface area contributed by atoms with Crippen molar-refractivity contribution in [1.29, 1.82) is 0 Å². The summed E-state index contributed by atoms with van der Waals surface area (Å²) in [7, 11) is 0. The predicted octanol–water partition coefficient (Wildman–Crippen LogP) is 10.2. The van der Waals surface area contributed by atoms with E-state index in [9.17, 15) is 0 Å². The average molecular weight is 531 g/mol. The smallest absolute Gasteiger partial charge is 0.0972 e. The second-order valence-corrected chi connectivity index (χ2v) is 9.62. The van der Waals surface area contributed by atoms with Gasteiger partial charge in [-0.1, -0.05) is 103 Å². The first-order valence-corrected chi connectivity index (χ1v) is 12.6. The zero-order valence-corrected chi connectivity index (χ0v) is 20.6. The van der Waals surface area contributed by atoms with Gasteiger partial charge < -0.3 is 0 Å². The van der Waals surface area contributed by atoms with Crippen molar-refractivity contribution in [2.45, 2.75) is 0 Å². The van der Waals surface area contributed by atoms with E-state index < -0.39 is 78.7 Å². The van der Waals surface area contributed by atoms with Gasteiger partial charge in [0.05, 0.1) is 38.7 Å². The van der Waals surface area contributed by atoms with Crippen LogP contribution in [0.2, 0.25) is 0 Å². The second kappa shape index (κ2) is 8.87. The molecule has 0 radical (unpaired) electrons. The summed E-state index contributed by atoms with van der Waals surface area (Å²) < 4.78 is 137. The Morgan fingerprint density at radius 1 is 0.513 bits per heavy atom. The fraction of sp³-hybridized carbons (Fsp3) is 0. The van der Waals surface area contributed by atoms with Gasteiger partial charge in [-0.25, -0.2) is 4.98 Å². The first-order chi connectivity index (χ1) is 26.0. The maximum Gasteiger partial charge on any atom is 0.0972 e. The molecule has 3 heteroatoms. The van der Waals surface area contributed by atoms with Gasteiger partial charge in [0.1, 0.15) is 0 Å². The summed E-state index contributed by atoms with van der Waals surface area (Å²) in [5, 5.41) is 0.235. The Morgan fingerprint density at radius 3 is 2.10 bits per heavy atom. The van der Waals surface area contributed by atoms with Crippen LogP contribution in [0.25, 0.3) is 75.5 Å². The number of pyridine rings is 2. The summed E-state index contributed by atoms with van der Waals surface area (Å²) in [6, 6.07) is 2.81. The van der Waals surface area contributed by atoms with E-state index in [1.54, 1.807) is 36.4 Å². The zero-order valence-electron chi connectivity index (χ0n) is 35.8. The molecular weight excluding hydrogens is 492 g/mol. The summed E-state index contributed by atoms with van der Waals surface area (Å²) >= 11 is 0.920. The van der Waals surface area contributed by atoms with E-state index in [0.717, 1.165) is 11.3 Å². The average Bonchev–Trinajstić information content (AvgIpc) is 3.46. The topological polar surface area (TPSA) is 25.8 Å². The molecule has 0 unspecified atom stereocenters. The fourth-order valence-corrected chi connectivity index (χ4v) is 5.58. The monoisotopic (exact) mass is 530 g/mol. The first-order valence-electron chi connectivity index (χ1n) is 19.8. The molecule has 3 heterocycles. The third-order valence-electron chi connectivity index (χ3n) is 6.41. The standard InChI is InChI=1S/C36H22N2S/c1-2-10-26-23(7-1)8-5-13-30(26)33-20-21-34(39-33)31-18-17-29(27-11-3-4-12-28(27)31)32-19-16-25-15-14-24-9-6-22-37-35(24)36(25)38-32/h1-22H/i1D,2D,5D,6D,7D,8D,9D,10D,13D,14D,15D,16D,19D,20D,21D,22D. The number of hydrogen-bond donors (Lipinski definition) is 0. The molecule has 2 nitrogen and oxygen atoms in total. The molecule has 0 spiro atoms. The van der Waals surface area contributed by atoms with Crippen LogP contribution >= 0.6 is 11.3 Å². The highest BCUT2D eigenvalue weighted by atomic mass is 32.1. The van der Waals surface area contributed by atoms with Crippen LogP contribution in [0.4, 0.5) is 0 Å². The summed E-state index contributed by atoms with van der Waals surface area (Å²) in [6.07, 6.45) is -0.550. The van der Waals surface area contributed by atoms with Crippen LogP contribution in [0.5, 0.6) is 0 Å². The summed E-state index contributed by atoms with van der Waals surface area (Å²) in [6.45, 7) is 0. The Labute approximate surface area is 252 Å². The summed E-state index contributed by atoms with van der Waals surface area (Å²) in [5.74, 6) is 0. The molecule has 0 bridgehead atoms. The minimum Gasteiger partial charge on any atom is -0.254 e. The lowest BCUT2D eigenvalue weighted by Gasteiger charge is -2.12. The zero-order chi connectivity index (χ0) is 39.7. The molecule has 0 amide bonds. The van der Waals surface area contributed by atoms with Crippen LogP contribution in [0.3, 0.4) is 0 Å². The predicted molar refractivity (Wildman–Crippen MR) is 166 cm³/mol. The first kappa shape index (κ1) is 11.5. The minimum absolute atomic E-state index is 0.00266. The molecule has 5 aromatic carbocycles. The van der Waals surface area contributed by atoms with Crippen LogP contribution in [0.1, 0.15) is 21.9 Å². The number of thiophene rings is 1. The fourth-order valence-electron chi connectivity index (χ4n) is 4.63. The van der Waals surface area contributed by atoms with Gasteiger partial charge in [-0.05, 0) is 56.8 Å². The highest BCUT2D eigenvalue weighted by Crippen LogP contribution is 2.42. The summed E-state index contributed by atoms with van der Waals surface area (Å²) in [5.41, 5.74) is 0.445. The van der Waals surface area contributed by atoms with E-state index in [1.807, 2.05) is 0 Å². The van der Waals surface area contributed by atoms with Crippen molar-refractivity contribution >= 4 is 54.7 Å². The Hall–Kier alpha value is -4.86. The quantitative estimate of drug-likeness (QED) is 0.212. The molecule has 0 aliphatic rings. The van der Waals surface area contributed by atoms with Crippen molar-refractivity contribution in [2.24, 2.45) is 0 Å². The lowest BCUT2D eigenvalue weighted by Crippen LogP contribution is -1.90. The van der Waals surface area contributed by atoms with Crippen LogP contribution in [0.15, 0.2) is 133 Å². The van der Waals surface area contributed by atoms with Gasteiger partial charge in [-0.15, -0.1) is 11.3 Å². The Balaban J connectivity index is 1.40. The molecule has 0 atom stereocenters. The number of rotatable bonds is 3. The van der Waals surface area contributed by atoms with Crippen molar-refractivity contribution in [3.8, 4) is 32.1 Å². The van der Waals surface area contributed by atoms with Crippen molar-refractivity contribution in [3.63, 3.8) is 0 Å². The molecule has 182 valence electrons. The van der Waals surface area contributed by atoms with Gasteiger partial charge in [0.25, 0.3) is 0 Å². The van der Waals surface area contributed by atoms with Crippen LogP contribution in [-0.4, -0.2) is 9.97 Å². The van der Waals surface area contributed by atoms with Gasteiger partial charge in [-0.3, -0.25) is 4.98 Å². The minimum atomic E-state index is -0.609. The number of hydrogen-bond acceptors (Lipinski definition) is 3. The molecule has 8 aromatic rings. The molecule has 0 aliphatic carbocycles. The Morgan fingerprint density at radius 2 is 1.21 bits per heavy atom. The van der Waals surface area contributed by atoms with Crippen molar-refractivity contribution in [3.05, 3.63) is 133 Å². The third-order valence-corrected chi connectivity index (χ3v) is 7.44. The second-order valence-electron chi connectivity index (χ2n) is 8.60. The molecule has 0 aliphatic heterocycles. The van der Waals surface area contributed by atoms with Crippen molar-refractivity contribution in [2.75, 3.05) is 0 Å². The number of aromatic nitrogens is 2. The van der Waals surface area contributed by atoms with Gasteiger partial charge in [-0.2, -0.15) is 0 Å². The van der Waals surface area contributed by atoms with Crippen LogP contribution in [0, 0.1) is 0 Å². The molecule has 0 fully saturated rings. The molecule has 0 N–H and O–H groups in total. The van der Waals surface area contributed by atoms with E-state index in [4.69, 9.17) is 21.9 Å². The largest absolute Gasteiger partial charge is 0.254 e. The normalized spacial score (nSPS) is 17.3. The lowest BCUT2D eigenvalue weighted by molar-refractivity contribution is 1.37. The Bertz CT molecular complexity index is 3060. The van der Waals surface area contributed by atoms with Crippen LogP contribution < -0.4 is 0 Å². The van der Waals surface area contributed by atoms with E-state index in [2.05, 4.69) is 9.97 Å². The molecule has 0 saturated carbocycles. The lowest BCUT2D eigenvalue weighted by atomic mass is 9.96.